The van der Waals surface area contributed by atoms with Gasteiger partial charge in [-0.2, -0.15) is 0 Å². The first-order valence-corrected chi connectivity index (χ1v) is 14.0. The van der Waals surface area contributed by atoms with Gasteiger partial charge in [-0.05, 0) is 112 Å². The molecule has 7 nitrogen and oxygen atoms in total. The minimum absolute atomic E-state index is 0.0706. The molecule has 0 spiro atoms. The van der Waals surface area contributed by atoms with Gasteiger partial charge >= 0.3 is 5.97 Å². The summed E-state index contributed by atoms with van der Waals surface area (Å²) in [6.07, 6.45) is 0.379. The summed E-state index contributed by atoms with van der Waals surface area (Å²) in [6.45, 7) is 9.67. The third-order valence-electron chi connectivity index (χ3n) is 7.84. The molecule has 0 aliphatic carbocycles. The van der Waals surface area contributed by atoms with Crippen LogP contribution in [-0.4, -0.2) is 42.8 Å². The van der Waals surface area contributed by atoms with Gasteiger partial charge in [-0.25, -0.2) is 13.6 Å². The van der Waals surface area contributed by atoms with E-state index in [9.17, 15) is 19.1 Å². The van der Waals surface area contributed by atoms with Crippen LogP contribution in [-0.2, 0) is 22.4 Å². The number of hydrogen-bond donors (Lipinski definition) is 1. The third kappa shape index (κ3) is 5.22. The smallest absolute Gasteiger partial charge is 0.337 e. The van der Waals surface area contributed by atoms with Crippen molar-refractivity contribution in [1.29, 1.82) is 0 Å². The van der Waals surface area contributed by atoms with Gasteiger partial charge in [-0.1, -0.05) is 0 Å². The molecular weight excluding hydrogens is 544 g/mol. The summed E-state index contributed by atoms with van der Waals surface area (Å²) < 4.78 is 46.9. The van der Waals surface area contributed by atoms with Crippen molar-refractivity contribution in [2.45, 2.75) is 65.6 Å². The maximum Gasteiger partial charge on any atom is 0.337 e. The van der Waals surface area contributed by atoms with Crippen molar-refractivity contribution in [1.82, 2.24) is 0 Å². The molecule has 0 bridgehead atoms. The molecule has 9 heteroatoms. The lowest BCUT2D eigenvalue weighted by molar-refractivity contribution is -0.160. The highest BCUT2D eigenvalue weighted by Gasteiger charge is 2.37. The van der Waals surface area contributed by atoms with Crippen molar-refractivity contribution < 1.29 is 37.7 Å². The summed E-state index contributed by atoms with van der Waals surface area (Å²) >= 11 is 0. The Bertz CT molecular complexity index is 1590. The summed E-state index contributed by atoms with van der Waals surface area (Å²) in [5, 5.41) is 10.4. The maximum atomic E-state index is 15.6. The number of aliphatic carboxylic acids is 1. The van der Waals surface area contributed by atoms with Gasteiger partial charge in [-0.3, -0.25) is 4.79 Å². The van der Waals surface area contributed by atoms with E-state index in [2.05, 4.69) is 0 Å². The number of rotatable bonds is 6. The Labute approximate surface area is 244 Å². The fourth-order valence-corrected chi connectivity index (χ4v) is 6.05. The van der Waals surface area contributed by atoms with Crippen molar-refractivity contribution in [2.75, 3.05) is 25.2 Å². The molecule has 0 saturated heterocycles. The number of anilines is 1. The molecule has 0 saturated carbocycles. The number of fused-ring (bicyclic) bond motifs is 2. The van der Waals surface area contributed by atoms with Gasteiger partial charge in [0.1, 0.15) is 11.6 Å². The number of halogens is 2. The lowest BCUT2D eigenvalue weighted by atomic mass is 9.83. The molecule has 1 N–H and O–H groups in total. The average Bonchev–Trinajstić information content (AvgIpc) is 3.35. The number of carbonyl (C=O) groups is 2. The number of hydrogen-bond acceptors (Lipinski definition) is 5. The molecule has 1 amide bonds. The highest BCUT2D eigenvalue weighted by molar-refractivity contribution is 6.10. The Hall–Kier alpha value is -3.98. The zero-order valence-corrected chi connectivity index (χ0v) is 24.7. The molecule has 5 rings (SSSR count). The van der Waals surface area contributed by atoms with Crippen LogP contribution in [0.5, 0.6) is 11.5 Å². The zero-order valence-electron chi connectivity index (χ0n) is 24.7. The summed E-state index contributed by atoms with van der Waals surface area (Å²) in [7, 11) is 1.41. The van der Waals surface area contributed by atoms with Gasteiger partial charge < -0.3 is 24.2 Å². The first-order chi connectivity index (χ1) is 19.8. The van der Waals surface area contributed by atoms with Crippen molar-refractivity contribution in [3.8, 4) is 22.6 Å². The molecule has 2 aliphatic heterocycles. The number of carbonyl (C=O) groups excluding carboxylic acids is 1. The molecule has 3 aromatic carbocycles. The van der Waals surface area contributed by atoms with Crippen molar-refractivity contribution >= 4 is 17.6 Å². The molecule has 222 valence electrons. The van der Waals surface area contributed by atoms with Crippen LogP contribution in [0.4, 0.5) is 14.5 Å². The summed E-state index contributed by atoms with van der Waals surface area (Å²) in [4.78, 5) is 28.1. The van der Waals surface area contributed by atoms with Gasteiger partial charge in [0.2, 0.25) is 0 Å². The molecule has 0 radical (unpaired) electrons. The van der Waals surface area contributed by atoms with Crippen molar-refractivity contribution in [3.05, 3.63) is 75.3 Å². The second-order valence-corrected chi connectivity index (χ2v) is 11.8. The number of aryl methyl sites for hydroxylation is 1. The van der Waals surface area contributed by atoms with Crippen molar-refractivity contribution in [2.24, 2.45) is 0 Å². The third-order valence-corrected chi connectivity index (χ3v) is 7.84. The van der Waals surface area contributed by atoms with E-state index in [1.165, 1.54) is 25.3 Å². The Morgan fingerprint density at radius 2 is 1.81 bits per heavy atom. The molecule has 3 aromatic rings. The van der Waals surface area contributed by atoms with E-state index in [4.69, 9.17) is 14.2 Å². The summed E-state index contributed by atoms with van der Waals surface area (Å²) in [5.41, 5.74) is 4.10. The van der Waals surface area contributed by atoms with Gasteiger partial charge in [-0.15, -0.1) is 0 Å². The minimum atomic E-state index is -1.35. The van der Waals surface area contributed by atoms with Crippen LogP contribution in [0, 0.1) is 25.5 Å². The molecule has 0 unspecified atom stereocenters. The van der Waals surface area contributed by atoms with E-state index in [1.807, 2.05) is 6.92 Å². The quantitative estimate of drug-likeness (QED) is 0.349. The lowest BCUT2D eigenvalue weighted by Gasteiger charge is -2.30. The predicted octanol–water partition coefficient (Wildman–Crippen LogP) is 6.73. The number of benzene rings is 3. The molecule has 2 heterocycles. The van der Waals surface area contributed by atoms with Gasteiger partial charge in [0.05, 0.1) is 24.9 Å². The van der Waals surface area contributed by atoms with E-state index in [0.717, 1.165) is 23.6 Å². The fraction of sp³-hybridized carbons (Fsp3) is 0.394. The largest absolute Gasteiger partial charge is 0.496 e. The number of carboxylic acids is 1. The Morgan fingerprint density at radius 3 is 2.48 bits per heavy atom. The van der Waals surface area contributed by atoms with E-state index < -0.39 is 35.2 Å². The topological polar surface area (TPSA) is 85.3 Å². The number of carboxylic acid groups (broad SMARTS) is 1. The van der Waals surface area contributed by atoms with Crippen LogP contribution in [0.3, 0.4) is 0 Å². The lowest BCUT2D eigenvalue weighted by Crippen LogP contribution is -2.30. The first kappa shape index (κ1) is 29.5. The Kier molecular flexibility index (Phi) is 7.74. The van der Waals surface area contributed by atoms with Crippen molar-refractivity contribution in [3.63, 3.8) is 0 Å². The van der Waals surface area contributed by atoms with E-state index in [-0.39, 0.29) is 23.6 Å². The normalized spacial score (nSPS) is 15.1. The predicted molar refractivity (Wildman–Crippen MR) is 155 cm³/mol. The van der Waals surface area contributed by atoms with Crippen LogP contribution in [0.2, 0.25) is 0 Å². The average molecular weight is 580 g/mol. The van der Waals surface area contributed by atoms with Crippen LogP contribution >= 0.6 is 0 Å². The van der Waals surface area contributed by atoms with E-state index >= 15 is 4.39 Å². The number of amides is 1. The van der Waals surface area contributed by atoms with E-state index in [1.54, 1.807) is 38.7 Å². The molecule has 2 aliphatic rings. The number of ether oxygens (including phenoxy) is 3. The first-order valence-electron chi connectivity index (χ1n) is 14.0. The van der Waals surface area contributed by atoms with Crippen LogP contribution in [0.25, 0.3) is 11.1 Å². The maximum absolute atomic E-state index is 15.6. The SMILES string of the molecule is COc1ccc(F)cc1C(=O)N1CCc2c1cc(C)c([C@H](OC(C)(C)C)C(=O)O)c2-c1cc(F)c2c(c1C)CCCO2. The standard InChI is InChI=1S/C33H35F2NO6/c1-17-14-25-21(11-12-36(25)31(37)23-15-19(34)9-10-26(23)40-6)28(27(17)30(32(38)39)42-33(3,4)5)22-16-24(35)29-20(18(22)2)8-7-13-41-29/h9-10,14-16,30H,7-8,11-13H2,1-6H3,(H,38,39)/t30-/m0/s1. The van der Waals surface area contributed by atoms with Crippen LogP contribution < -0.4 is 14.4 Å². The molecule has 1 atom stereocenters. The number of methoxy groups -OCH3 is 1. The highest BCUT2D eigenvalue weighted by atomic mass is 19.1. The molecular formula is C33H35F2NO6. The number of nitrogens with zero attached hydrogens (tertiary/aromatic N) is 1. The fourth-order valence-electron chi connectivity index (χ4n) is 6.05. The Morgan fingerprint density at radius 1 is 1.07 bits per heavy atom. The monoisotopic (exact) mass is 579 g/mol. The highest BCUT2D eigenvalue weighted by Crippen LogP contribution is 2.48. The molecule has 0 fully saturated rings. The Balaban J connectivity index is 1.78. The van der Waals surface area contributed by atoms with Gasteiger partial charge in [0, 0.05) is 23.4 Å². The minimum Gasteiger partial charge on any atom is -0.496 e. The second-order valence-electron chi connectivity index (χ2n) is 11.8. The molecule has 0 aromatic heterocycles. The van der Waals surface area contributed by atoms with Crippen LogP contribution in [0.15, 0.2) is 30.3 Å². The van der Waals surface area contributed by atoms with Gasteiger partial charge in [0.15, 0.2) is 17.7 Å². The van der Waals surface area contributed by atoms with E-state index in [0.29, 0.717) is 53.0 Å². The van der Waals surface area contributed by atoms with Gasteiger partial charge in [0.25, 0.3) is 5.91 Å². The van der Waals surface area contributed by atoms with Crippen LogP contribution in [0.1, 0.15) is 71.5 Å². The molecule has 42 heavy (non-hydrogen) atoms. The summed E-state index contributed by atoms with van der Waals surface area (Å²) in [5.74, 6) is -2.26. The second kappa shape index (κ2) is 11.0. The summed E-state index contributed by atoms with van der Waals surface area (Å²) in [6, 6.07) is 6.93. The zero-order chi connectivity index (χ0) is 30.5.